The highest BCUT2D eigenvalue weighted by Crippen LogP contribution is 2.22. The average molecular weight is 254 g/mol. The molecule has 0 fully saturated rings. The summed E-state index contributed by atoms with van der Waals surface area (Å²) in [6.07, 6.45) is 3.20. The van der Waals surface area contributed by atoms with Crippen LogP contribution in [0.25, 0.3) is 10.9 Å². The SMILES string of the molecule is Cc1ccc2[nH]c(C(=O)Nc3cn[nH]c3)cc2c1C. The summed E-state index contributed by atoms with van der Waals surface area (Å²) in [6.45, 7) is 4.12. The second-order valence-corrected chi connectivity index (χ2v) is 4.59. The van der Waals surface area contributed by atoms with Crippen molar-refractivity contribution in [2.45, 2.75) is 13.8 Å². The van der Waals surface area contributed by atoms with E-state index in [1.807, 2.05) is 18.2 Å². The molecule has 0 bridgehead atoms. The Morgan fingerprint density at radius 1 is 1.32 bits per heavy atom. The maximum Gasteiger partial charge on any atom is 0.272 e. The number of fused-ring (bicyclic) bond motifs is 1. The number of aromatic nitrogens is 3. The number of anilines is 1. The highest BCUT2D eigenvalue weighted by Gasteiger charge is 2.11. The average Bonchev–Trinajstić information content (AvgIpc) is 3.02. The van der Waals surface area contributed by atoms with Gasteiger partial charge < -0.3 is 10.3 Å². The number of aromatic amines is 2. The lowest BCUT2D eigenvalue weighted by molar-refractivity contribution is 0.102. The van der Waals surface area contributed by atoms with Gasteiger partial charge in [-0.1, -0.05) is 6.07 Å². The third-order valence-electron chi connectivity index (χ3n) is 3.34. The van der Waals surface area contributed by atoms with Crippen LogP contribution < -0.4 is 5.32 Å². The van der Waals surface area contributed by atoms with Gasteiger partial charge in [-0.25, -0.2) is 0 Å². The van der Waals surface area contributed by atoms with Gasteiger partial charge >= 0.3 is 0 Å². The lowest BCUT2D eigenvalue weighted by atomic mass is 10.1. The van der Waals surface area contributed by atoms with E-state index in [2.05, 4.69) is 34.3 Å². The molecule has 1 aromatic carbocycles. The molecule has 96 valence electrons. The number of benzene rings is 1. The number of hydrogen-bond acceptors (Lipinski definition) is 2. The van der Waals surface area contributed by atoms with Gasteiger partial charge in [-0.15, -0.1) is 0 Å². The highest BCUT2D eigenvalue weighted by atomic mass is 16.1. The van der Waals surface area contributed by atoms with Crippen molar-refractivity contribution in [2.75, 3.05) is 5.32 Å². The Kier molecular flexibility index (Phi) is 2.59. The van der Waals surface area contributed by atoms with Gasteiger partial charge in [0, 0.05) is 17.1 Å². The summed E-state index contributed by atoms with van der Waals surface area (Å²) < 4.78 is 0. The Morgan fingerprint density at radius 2 is 2.16 bits per heavy atom. The Hall–Kier alpha value is -2.56. The summed E-state index contributed by atoms with van der Waals surface area (Å²) in [5, 5.41) is 10.3. The van der Waals surface area contributed by atoms with E-state index in [1.165, 1.54) is 11.1 Å². The van der Waals surface area contributed by atoms with Crippen molar-refractivity contribution in [1.82, 2.24) is 15.2 Å². The molecule has 3 aromatic rings. The lowest BCUT2D eigenvalue weighted by Crippen LogP contribution is -2.11. The lowest BCUT2D eigenvalue weighted by Gasteiger charge is -1.99. The largest absolute Gasteiger partial charge is 0.351 e. The molecule has 5 nitrogen and oxygen atoms in total. The van der Waals surface area contributed by atoms with Crippen LogP contribution in [0.1, 0.15) is 21.6 Å². The van der Waals surface area contributed by atoms with Crippen molar-refractivity contribution in [3.8, 4) is 0 Å². The molecular formula is C14H14N4O. The Morgan fingerprint density at radius 3 is 2.89 bits per heavy atom. The Bertz CT molecular complexity index is 740. The Labute approximate surface area is 110 Å². The number of rotatable bonds is 2. The van der Waals surface area contributed by atoms with Gasteiger partial charge in [0.05, 0.1) is 11.9 Å². The second kappa shape index (κ2) is 4.28. The first-order chi connectivity index (χ1) is 9.15. The minimum absolute atomic E-state index is 0.172. The zero-order valence-corrected chi connectivity index (χ0v) is 10.7. The molecule has 3 N–H and O–H groups in total. The molecule has 0 aliphatic heterocycles. The molecule has 0 saturated heterocycles. The summed E-state index contributed by atoms with van der Waals surface area (Å²) in [6, 6.07) is 5.92. The third kappa shape index (κ3) is 1.99. The van der Waals surface area contributed by atoms with Crippen LogP contribution in [0.15, 0.2) is 30.6 Å². The molecule has 0 aliphatic carbocycles. The van der Waals surface area contributed by atoms with Crippen molar-refractivity contribution in [1.29, 1.82) is 0 Å². The minimum Gasteiger partial charge on any atom is -0.351 e. The number of H-pyrrole nitrogens is 2. The summed E-state index contributed by atoms with van der Waals surface area (Å²) >= 11 is 0. The molecule has 0 spiro atoms. The molecule has 0 atom stereocenters. The van der Waals surface area contributed by atoms with Crippen molar-refractivity contribution in [2.24, 2.45) is 0 Å². The fraction of sp³-hybridized carbons (Fsp3) is 0.143. The molecule has 1 amide bonds. The maximum atomic E-state index is 12.1. The number of carbonyl (C=O) groups is 1. The summed E-state index contributed by atoms with van der Waals surface area (Å²) in [4.78, 5) is 15.2. The van der Waals surface area contributed by atoms with Crippen LogP contribution in [0.4, 0.5) is 5.69 Å². The number of amides is 1. The van der Waals surface area contributed by atoms with Gasteiger partial charge in [-0.2, -0.15) is 5.10 Å². The molecule has 3 rings (SSSR count). The van der Waals surface area contributed by atoms with Crippen LogP contribution in [0.3, 0.4) is 0 Å². The number of nitrogens with one attached hydrogen (secondary N) is 3. The first-order valence-electron chi connectivity index (χ1n) is 6.04. The molecule has 2 heterocycles. The predicted octanol–water partition coefficient (Wildman–Crippen LogP) is 2.76. The van der Waals surface area contributed by atoms with E-state index in [0.29, 0.717) is 11.4 Å². The normalized spacial score (nSPS) is 10.8. The summed E-state index contributed by atoms with van der Waals surface area (Å²) in [5.41, 5.74) is 4.58. The number of carbonyl (C=O) groups excluding carboxylic acids is 1. The van der Waals surface area contributed by atoms with Crippen LogP contribution in [0, 0.1) is 13.8 Å². The third-order valence-corrected chi connectivity index (χ3v) is 3.34. The van der Waals surface area contributed by atoms with Gasteiger partial charge in [0.1, 0.15) is 5.69 Å². The van der Waals surface area contributed by atoms with Gasteiger partial charge in [0.25, 0.3) is 5.91 Å². The van der Waals surface area contributed by atoms with Gasteiger partial charge in [-0.3, -0.25) is 9.89 Å². The molecular weight excluding hydrogens is 240 g/mol. The number of nitrogens with zero attached hydrogens (tertiary/aromatic N) is 1. The molecule has 2 aromatic heterocycles. The first-order valence-corrected chi connectivity index (χ1v) is 6.04. The standard InChI is InChI=1S/C14H14N4O/c1-8-3-4-12-11(9(8)2)5-13(18-12)14(19)17-10-6-15-16-7-10/h3-7,18H,1-2H3,(H,15,16)(H,17,19). The molecule has 0 aliphatic rings. The molecule has 5 heteroatoms. The molecule has 0 radical (unpaired) electrons. The molecule has 0 unspecified atom stereocenters. The quantitative estimate of drug-likeness (QED) is 0.658. The van der Waals surface area contributed by atoms with Crippen LogP contribution in [0.5, 0.6) is 0 Å². The predicted molar refractivity (Wildman–Crippen MR) is 74.3 cm³/mol. The van der Waals surface area contributed by atoms with Crippen LogP contribution in [-0.4, -0.2) is 21.1 Å². The molecule has 0 saturated carbocycles. The monoisotopic (exact) mass is 254 g/mol. The van der Waals surface area contributed by atoms with Crippen molar-refractivity contribution in [3.63, 3.8) is 0 Å². The van der Waals surface area contributed by atoms with Gasteiger partial charge in [0.15, 0.2) is 0 Å². The van der Waals surface area contributed by atoms with Crippen molar-refractivity contribution >= 4 is 22.5 Å². The highest BCUT2D eigenvalue weighted by molar-refractivity contribution is 6.06. The smallest absolute Gasteiger partial charge is 0.272 e. The topological polar surface area (TPSA) is 73.6 Å². The zero-order valence-electron chi connectivity index (χ0n) is 10.7. The number of hydrogen-bond donors (Lipinski definition) is 3. The van der Waals surface area contributed by atoms with E-state index in [-0.39, 0.29) is 5.91 Å². The van der Waals surface area contributed by atoms with E-state index < -0.39 is 0 Å². The van der Waals surface area contributed by atoms with E-state index in [4.69, 9.17) is 0 Å². The minimum atomic E-state index is -0.172. The van der Waals surface area contributed by atoms with Crippen molar-refractivity contribution in [3.05, 3.63) is 47.4 Å². The van der Waals surface area contributed by atoms with Gasteiger partial charge in [-0.05, 0) is 37.1 Å². The maximum absolute atomic E-state index is 12.1. The van der Waals surface area contributed by atoms with Crippen molar-refractivity contribution < 1.29 is 4.79 Å². The second-order valence-electron chi connectivity index (χ2n) is 4.59. The van der Waals surface area contributed by atoms with Crippen LogP contribution in [-0.2, 0) is 0 Å². The molecule has 19 heavy (non-hydrogen) atoms. The van der Waals surface area contributed by atoms with Crippen LogP contribution in [0.2, 0.25) is 0 Å². The Balaban J connectivity index is 1.97. The van der Waals surface area contributed by atoms with E-state index in [9.17, 15) is 4.79 Å². The van der Waals surface area contributed by atoms with E-state index >= 15 is 0 Å². The van der Waals surface area contributed by atoms with Crippen LogP contribution >= 0.6 is 0 Å². The first kappa shape index (κ1) is 11.5. The van der Waals surface area contributed by atoms with E-state index in [1.54, 1.807) is 12.4 Å². The zero-order chi connectivity index (χ0) is 13.4. The van der Waals surface area contributed by atoms with E-state index in [0.717, 1.165) is 10.9 Å². The van der Waals surface area contributed by atoms with Gasteiger partial charge in [0.2, 0.25) is 0 Å². The number of aryl methyl sites for hydroxylation is 2. The summed E-state index contributed by atoms with van der Waals surface area (Å²) in [7, 11) is 0. The fourth-order valence-electron chi connectivity index (χ4n) is 2.10. The summed E-state index contributed by atoms with van der Waals surface area (Å²) in [5.74, 6) is -0.172. The fourth-order valence-corrected chi connectivity index (χ4v) is 2.10.